The molecular formula is C37H39N5O4. The molecule has 2 aromatic heterocycles. The summed E-state index contributed by atoms with van der Waals surface area (Å²) in [4.78, 5) is 25.6. The van der Waals surface area contributed by atoms with Gasteiger partial charge in [0.2, 0.25) is 0 Å². The highest BCUT2D eigenvalue weighted by molar-refractivity contribution is 5.92. The lowest BCUT2D eigenvalue weighted by molar-refractivity contribution is 0.0510. The van der Waals surface area contributed by atoms with Gasteiger partial charge in [-0.05, 0) is 57.2 Å². The molecule has 0 aliphatic heterocycles. The predicted octanol–water partition coefficient (Wildman–Crippen LogP) is 6.39. The highest BCUT2D eigenvalue weighted by Crippen LogP contribution is 2.44. The summed E-state index contributed by atoms with van der Waals surface area (Å²) in [5.41, 5.74) is 5.69. The summed E-state index contributed by atoms with van der Waals surface area (Å²) < 4.78 is 14.6. The van der Waals surface area contributed by atoms with Crippen LogP contribution in [-0.2, 0) is 34.4 Å². The van der Waals surface area contributed by atoms with Gasteiger partial charge in [0, 0.05) is 17.7 Å². The van der Waals surface area contributed by atoms with E-state index in [9.17, 15) is 9.59 Å². The zero-order chi connectivity index (χ0) is 32.3. The number of esters is 1. The van der Waals surface area contributed by atoms with E-state index in [1.54, 1.807) is 11.6 Å². The average molecular weight is 618 g/mol. The summed E-state index contributed by atoms with van der Waals surface area (Å²) in [6, 6.07) is 31.3. The first-order valence-electron chi connectivity index (χ1n) is 15.7. The first-order chi connectivity index (χ1) is 22.2. The van der Waals surface area contributed by atoms with Crippen molar-refractivity contribution >= 4 is 12.1 Å². The normalized spacial score (nSPS) is 12.6. The largest absolute Gasteiger partial charge is 0.461 e. The standard InChI is InChI=1S/C37H39N5O4/c1-5-45-34(43)33-29-21-22-31-30(32(29)40-41(33)24-23-38-35(44)46-36(2,3)4)25-39-42(31)37(26-15-9-6-10-16-26,27-17-11-7-12-18-27)28-19-13-8-14-20-28/h6-20,25H,5,21-24H2,1-4H3,(H,38,44). The van der Waals surface area contributed by atoms with Gasteiger partial charge >= 0.3 is 12.1 Å². The summed E-state index contributed by atoms with van der Waals surface area (Å²) in [6.45, 7) is 7.96. The van der Waals surface area contributed by atoms with Gasteiger partial charge in [-0.2, -0.15) is 10.2 Å². The Labute approximate surface area is 269 Å². The first kappa shape index (κ1) is 30.8. The van der Waals surface area contributed by atoms with E-state index in [1.165, 1.54) is 0 Å². The van der Waals surface area contributed by atoms with Crippen molar-refractivity contribution in [1.82, 2.24) is 24.9 Å². The number of hydrogen-bond donors (Lipinski definition) is 1. The van der Waals surface area contributed by atoms with Crippen LogP contribution in [0.3, 0.4) is 0 Å². The molecule has 9 nitrogen and oxygen atoms in total. The molecule has 0 fully saturated rings. The zero-order valence-corrected chi connectivity index (χ0v) is 26.7. The van der Waals surface area contributed by atoms with Gasteiger partial charge in [0.15, 0.2) is 0 Å². The van der Waals surface area contributed by atoms with Crippen LogP contribution in [0.1, 0.15) is 66.1 Å². The second kappa shape index (κ2) is 12.7. The van der Waals surface area contributed by atoms with Gasteiger partial charge in [-0.15, -0.1) is 0 Å². The van der Waals surface area contributed by atoms with E-state index in [0.717, 1.165) is 33.5 Å². The van der Waals surface area contributed by atoms with Crippen molar-refractivity contribution in [3.05, 3.63) is 131 Å². The van der Waals surface area contributed by atoms with E-state index in [2.05, 4.69) is 82.8 Å². The van der Waals surface area contributed by atoms with Crippen LogP contribution in [0.25, 0.3) is 11.3 Å². The van der Waals surface area contributed by atoms with Gasteiger partial charge in [-0.25, -0.2) is 14.3 Å². The molecule has 0 bridgehead atoms. The lowest BCUT2D eigenvalue weighted by Crippen LogP contribution is -2.40. The Morgan fingerprint density at radius 3 is 1.93 bits per heavy atom. The number of rotatable bonds is 9. The van der Waals surface area contributed by atoms with E-state index < -0.39 is 23.2 Å². The summed E-state index contributed by atoms with van der Waals surface area (Å²) in [5.74, 6) is -0.434. The Hall–Kier alpha value is -5.18. The van der Waals surface area contributed by atoms with Crippen molar-refractivity contribution in [3.63, 3.8) is 0 Å². The van der Waals surface area contributed by atoms with Crippen molar-refractivity contribution < 1.29 is 19.1 Å². The number of fused-ring (bicyclic) bond motifs is 3. The molecule has 1 N–H and O–H groups in total. The third-order valence-electron chi connectivity index (χ3n) is 8.14. The Bertz CT molecular complexity index is 1730. The molecule has 1 amide bonds. The van der Waals surface area contributed by atoms with Gasteiger partial charge in [-0.1, -0.05) is 91.0 Å². The molecular weight excluding hydrogens is 578 g/mol. The van der Waals surface area contributed by atoms with Crippen molar-refractivity contribution in [1.29, 1.82) is 0 Å². The monoisotopic (exact) mass is 617 g/mol. The van der Waals surface area contributed by atoms with Crippen LogP contribution in [0.4, 0.5) is 4.79 Å². The van der Waals surface area contributed by atoms with E-state index in [0.29, 0.717) is 24.2 Å². The molecule has 0 unspecified atom stereocenters. The topological polar surface area (TPSA) is 100 Å². The maximum absolute atomic E-state index is 13.3. The number of nitrogens with one attached hydrogen (secondary N) is 1. The zero-order valence-electron chi connectivity index (χ0n) is 26.7. The molecule has 0 radical (unpaired) electrons. The summed E-state index contributed by atoms with van der Waals surface area (Å²) >= 11 is 0. The number of alkyl carbamates (subject to hydrolysis) is 1. The van der Waals surface area contributed by atoms with E-state index in [-0.39, 0.29) is 19.7 Å². The van der Waals surface area contributed by atoms with Crippen molar-refractivity contribution in [2.45, 2.75) is 58.2 Å². The fraction of sp³-hybridized carbons (Fsp3) is 0.297. The highest BCUT2D eigenvalue weighted by atomic mass is 16.6. The fourth-order valence-corrected chi connectivity index (χ4v) is 6.37. The fourth-order valence-electron chi connectivity index (χ4n) is 6.37. The van der Waals surface area contributed by atoms with Gasteiger partial charge in [0.05, 0.1) is 30.7 Å². The van der Waals surface area contributed by atoms with Gasteiger partial charge in [0.25, 0.3) is 0 Å². The van der Waals surface area contributed by atoms with Crippen LogP contribution in [0, 0.1) is 0 Å². The number of carbonyl (C=O) groups is 2. The van der Waals surface area contributed by atoms with E-state index in [4.69, 9.17) is 19.7 Å². The number of benzene rings is 3. The molecule has 9 heteroatoms. The van der Waals surface area contributed by atoms with Crippen LogP contribution in [0.5, 0.6) is 0 Å². The molecule has 0 atom stereocenters. The van der Waals surface area contributed by atoms with E-state index in [1.807, 2.05) is 45.2 Å². The maximum Gasteiger partial charge on any atom is 0.407 e. The Kier molecular flexibility index (Phi) is 8.49. The lowest BCUT2D eigenvalue weighted by Gasteiger charge is -2.38. The van der Waals surface area contributed by atoms with Crippen LogP contribution in [0.2, 0.25) is 0 Å². The number of amides is 1. The Balaban J connectivity index is 1.48. The highest BCUT2D eigenvalue weighted by Gasteiger charge is 2.43. The van der Waals surface area contributed by atoms with E-state index >= 15 is 0 Å². The van der Waals surface area contributed by atoms with Crippen molar-refractivity contribution in [2.24, 2.45) is 0 Å². The number of aromatic nitrogens is 4. The van der Waals surface area contributed by atoms with Gasteiger partial charge in [0.1, 0.15) is 16.8 Å². The summed E-state index contributed by atoms with van der Waals surface area (Å²) in [6.07, 6.45) is 2.56. The number of nitrogens with zero attached hydrogens (tertiary/aromatic N) is 4. The second-order valence-corrected chi connectivity index (χ2v) is 12.3. The Morgan fingerprint density at radius 1 is 0.848 bits per heavy atom. The average Bonchev–Trinajstić information content (AvgIpc) is 3.64. The Morgan fingerprint density at radius 2 is 1.41 bits per heavy atom. The second-order valence-electron chi connectivity index (χ2n) is 12.3. The quantitative estimate of drug-likeness (QED) is 0.152. The molecule has 1 aliphatic carbocycles. The number of hydrogen-bond acceptors (Lipinski definition) is 6. The molecule has 5 aromatic rings. The van der Waals surface area contributed by atoms with Crippen LogP contribution >= 0.6 is 0 Å². The first-order valence-corrected chi connectivity index (χ1v) is 15.7. The molecule has 6 rings (SSSR count). The van der Waals surface area contributed by atoms with Crippen molar-refractivity contribution in [2.75, 3.05) is 13.2 Å². The SMILES string of the molecule is CCOC(=O)c1c2c(nn1CCNC(=O)OC(C)(C)C)-c1cnn(C(c3ccccc3)(c3ccccc3)c3ccccc3)c1CC2. The molecule has 0 saturated carbocycles. The van der Waals surface area contributed by atoms with Crippen LogP contribution in [0.15, 0.2) is 97.2 Å². The molecule has 3 aromatic carbocycles. The lowest BCUT2D eigenvalue weighted by atomic mass is 9.76. The molecule has 2 heterocycles. The van der Waals surface area contributed by atoms with Gasteiger partial charge < -0.3 is 14.8 Å². The number of ether oxygens (including phenoxy) is 2. The summed E-state index contributed by atoms with van der Waals surface area (Å²) in [5, 5.41) is 12.8. The van der Waals surface area contributed by atoms with Crippen LogP contribution in [-0.4, -0.2) is 50.4 Å². The minimum Gasteiger partial charge on any atom is -0.461 e. The molecule has 236 valence electrons. The molecule has 46 heavy (non-hydrogen) atoms. The summed E-state index contributed by atoms with van der Waals surface area (Å²) in [7, 11) is 0. The minimum absolute atomic E-state index is 0.229. The van der Waals surface area contributed by atoms with Crippen LogP contribution < -0.4 is 5.32 Å². The van der Waals surface area contributed by atoms with Gasteiger partial charge in [-0.3, -0.25) is 4.68 Å². The minimum atomic E-state index is -0.765. The number of carbonyl (C=O) groups excluding carboxylic acids is 2. The molecule has 0 spiro atoms. The smallest absolute Gasteiger partial charge is 0.407 e. The third kappa shape index (κ3) is 5.69. The molecule has 0 saturated heterocycles. The van der Waals surface area contributed by atoms with Crippen molar-refractivity contribution in [3.8, 4) is 11.3 Å². The molecule has 1 aliphatic rings. The maximum atomic E-state index is 13.3. The third-order valence-corrected chi connectivity index (χ3v) is 8.14. The predicted molar refractivity (Wildman–Crippen MR) is 176 cm³/mol.